The minimum Gasteiger partial charge on any atom is -0.345 e. The molecule has 116 valence electrons. The Labute approximate surface area is 134 Å². The Morgan fingerprint density at radius 1 is 1.26 bits per heavy atom. The molecule has 4 heterocycles. The third-order valence-electron chi connectivity index (χ3n) is 4.10. The lowest BCUT2D eigenvalue weighted by Crippen LogP contribution is -2.00. The molecule has 0 saturated carbocycles. The molecule has 23 heavy (non-hydrogen) atoms. The second-order valence-corrected chi connectivity index (χ2v) is 6.42. The summed E-state index contributed by atoms with van der Waals surface area (Å²) in [5.74, 6) is 1.44. The van der Waals surface area contributed by atoms with Crippen LogP contribution in [0.4, 0.5) is 0 Å². The van der Waals surface area contributed by atoms with Crippen molar-refractivity contribution >= 4 is 16.6 Å². The highest BCUT2D eigenvalue weighted by atomic mass is 15.2. The molecule has 4 aromatic heterocycles. The van der Waals surface area contributed by atoms with Crippen LogP contribution in [0, 0.1) is 12.8 Å². The van der Waals surface area contributed by atoms with Crippen LogP contribution in [-0.2, 0) is 6.42 Å². The van der Waals surface area contributed by atoms with Gasteiger partial charge in [0.15, 0.2) is 0 Å². The number of nitrogens with zero attached hydrogens (tertiary/aromatic N) is 4. The van der Waals surface area contributed by atoms with Crippen molar-refractivity contribution in [1.29, 1.82) is 0 Å². The molecule has 0 atom stereocenters. The van der Waals surface area contributed by atoms with Gasteiger partial charge in [0.25, 0.3) is 0 Å². The fourth-order valence-corrected chi connectivity index (χ4v) is 2.92. The van der Waals surface area contributed by atoms with Gasteiger partial charge in [0.1, 0.15) is 11.5 Å². The van der Waals surface area contributed by atoms with Gasteiger partial charge in [0.2, 0.25) is 0 Å². The number of rotatable bonds is 3. The smallest absolute Gasteiger partial charge is 0.141 e. The highest BCUT2D eigenvalue weighted by Crippen LogP contribution is 2.28. The van der Waals surface area contributed by atoms with E-state index in [2.05, 4.69) is 53.0 Å². The fourth-order valence-electron chi connectivity index (χ4n) is 2.92. The first kappa shape index (κ1) is 13.9. The predicted molar refractivity (Wildman–Crippen MR) is 91.4 cm³/mol. The summed E-state index contributed by atoms with van der Waals surface area (Å²) in [4.78, 5) is 12.5. The van der Waals surface area contributed by atoms with Crippen LogP contribution >= 0.6 is 0 Å². The van der Waals surface area contributed by atoms with Crippen LogP contribution in [0.2, 0.25) is 0 Å². The third-order valence-corrected chi connectivity index (χ3v) is 4.10. The van der Waals surface area contributed by atoms with Gasteiger partial charge >= 0.3 is 0 Å². The van der Waals surface area contributed by atoms with E-state index in [0.717, 1.165) is 39.9 Å². The van der Waals surface area contributed by atoms with Gasteiger partial charge in [-0.15, -0.1) is 0 Å². The van der Waals surface area contributed by atoms with Crippen LogP contribution in [0.15, 0.2) is 36.9 Å². The van der Waals surface area contributed by atoms with Gasteiger partial charge in [-0.1, -0.05) is 13.8 Å². The molecule has 4 rings (SSSR count). The maximum atomic E-state index is 4.65. The summed E-state index contributed by atoms with van der Waals surface area (Å²) in [5.41, 5.74) is 5.46. The normalized spacial score (nSPS) is 11.8. The van der Waals surface area contributed by atoms with E-state index >= 15 is 0 Å². The number of nitrogens with one attached hydrogen (secondary N) is 1. The van der Waals surface area contributed by atoms with Gasteiger partial charge in [-0.3, -0.25) is 0 Å². The fraction of sp³-hybridized carbons (Fsp3) is 0.278. The lowest BCUT2D eigenvalue weighted by molar-refractivity contribution is 0.622. The zero-order valence-electron chi connectivity index (χ0n) is 13.5. The van der Waals surface area contributed by atoms with Crippen molar-refractivity contribution in [3.63, 3.8) is 0 Å². The zero-order valence-corrected chi connectivity index (χ0v) is 13.5. The second-order valence-electron chi connectivity index (χ2n) is 6.42. The molecule has 0 saturated heterocycles. The van der Waals surface area contributed by atoms with E-state index in [1.54, 1.807) is 0 Å². The first-order valence-electron chi connectivity index (χ1n) is 7.89. The second kappa shape index (κ2) is 5.19. The molecule has 1 N–H and O–H groups in total. The van der Waals surface area contributed by atoms with E-state index in [4.69, 9.17) is 0 Å². The SMILES string of the molecule is Cc1cnn2ccc(-c3c[nH]c4nc(CC(C)C)ncc34)cc12. The quantitative estimate of drug-likeness (QED) is 0.626. The van der Waals surface area contributed by atoms with Crippen LogP contribution in [0.5, 0.6) is 0 Å². The number of aryl methyl sites for hydroxylation is 1. The number of fused-ring (bicyclic) bond motifs is 2. The molecule has 0 aliphatic carbocycles. The minimum atomic E-state index is 0.550. The Morgan fingerprint density at radius 2 is 2.13 bits per heavy atom. The first-order valence-corrected chi connectivity index (χ1v) is 7.89. The summed E-state index contributed by atoms with van der Waals surface area (Å²) < 4.78 is 1.89. The Bertz CT molecular complexity index is 993. The molecule has 5 heteroatoms. The largest absolute Gasteiger partial charge is 0.345 e. The van der Waals surface area contributed by atoms with Gasteiger partial charge in [0.05, 0.1) is 11.7 Å². The molecule has 0 radical (unpaired) electrons. The summed E-state index contributed by atoms with van der Waals surface area (Å²) in [6.07, 6.45) is 8.71. The molecule has 0 unspecified atom stereocenters. The van der Waals surface area contributed by atoms with Crippen LogP contribution in [0.1, 0.15) is 25.2 Å². The van der Waals surface area contributed by atoms with Gasteiger partial charge in [0, 0.05) is 36.0 Å². The molecule has 0 amide bonds. The van der Waals surface area contributed by atoms with Crippen LogP contribution < -0.4 is 0 Å². The number of pyridine rings is 1. The van der Waals surface area contributed by atoms with Crippen molar-refractivity contribution in [2.75, 3.05) is 0 Å². The van der Waals surface area contributed by atoms with Crippen LogP contribution in [0.25, 0.3) is 27.7 Å². The molecule has 0 bridgehead atoms. The van der Waals surface area contributed by atoms with E-state index in [9.17, 15) is 0 Å². The van der Waals surface area contributed by atoms with Crippen LogP contribution in [-0.4, -0.2) is 24.6 Å². The Morgan fingerprint density at radius 3 is 2.96 bits per heavy atom. The van der Waals surface area contributed by atoms with E-state index in [-0.39, 0.29) is 0 Å². The lowest BCUT2D eigenvalue weighted by atomic mass is 10.1. The van der Waals surface area contributed by atoms with Crippen molar-refractivity contribution in [1.82, 2.24) is 24.6 Å². The molecule has 0 fully saturated rings. The number of hydrogen-bond acceptors (Lipinski definition) is 3. The molecular formula is C18H19N5. The molecule has 0 spiro atoms. The molecular weight excluding hydrogens is 286 g/mol. The van der Waals surface area contributed by atoms with Gasteiger partial charge in [-0.2, -0.15) is 5.10 Å². The highest BCUT2D eigenvalue weighted by Gasteiger charge is 2.11. The van der Waals surface area contributed by atoms with Crippen molar-refractivity contribution in [2.24, 2.45) is 5.92 Å². The number of hydrogen-bond donors (Lipinski definition) is 1. The highest BCUT2D eigenvalue weighted by molar-refractivity contribution is 5.93. The number of aromatic nitrogens is 5. The minimum absolute atomic E-state index is 0.550. The Kier molecular flexibility index (Phi) is 3.15. The van der Waals surface area contributed by atoms with Gasteiger partial charge in [-0.05, 0) is 36.1 Å². The van der Waals surface area contributed by atoms with Crippen molar-refractivity contribution < 1.29 is 0 Å². The van der Waals surface area contributed by atoms with Crippen molar-refractivity contribution in [2.45, 2.75) is 27.2 Å². The van der Waals surface area contributed by atoms with E-state index in [0.29, 0.717) is 5.92 Å². The van der Waals surface area contributed by atoms with Crippen molar-refractivity contribution in [3.05, 3.63) is 48.3 Å². The zero-order chi connectivity index (χ0) is 16.0. The third kappa shape index (κ3) is 2.38. The summed E-state index contributed by atoms with van der Waals surface area (Å²) in [5, 5.41) is 5.38. The molecule has 0 aliphatic rings. The van der Waals surface area contributed by atoms with Crippen molar-refractivity contribution in [3.8, 4) is 11.1 Å². The molecule has 5 nitrogen and oxygen atoms in total. The average molecular weight is 305 g/mol. The first-order chi connectivity index (χ1) is 11.1. The average Bonchev–Trinajstić information content (AvgIpc) is 3.10. The topological polar surface area (TPSA) is 58.9 Å². The molecule has 0 aromatic carbocycles. The van der Waals surface area contributed by atoms with E-state index in [1.165, 1.54) is 5.56 Å². The summed E-state index contributed by atoms with van der Waals surface area (Å²) in [6.45, 7) is 6.43. The lowest BCUT2D eigenvalue weighted by Gasteiger charge is -2.04. The number of H-pyrrole nitrogens is 1. The molecule has 0 aliphatic heterocycles. The van der Waals surface area contributed by atoms with Gasteiger partial charge < -0.3 is 4.98 Å². The standard InChI is InChI=1S/C18H19N5/c1-11(2)6-17-19-10-15-14(9-20-18(15)22-17)13-4-5-23-16(7-13)12(3)8-21-23/h4-5,7-11H,6H2,1-3H3,(H,19,20,22). The predicted octanol–water partition coefficient (Wildman–Crippen LogP) is 3.78. The maximum absolute atomic E-state index is 4.65. The molecule has 4 aromatic rings. The Balaban J connectivity index is 1.82. The number of aromatic amines is 1. The van der Waals surface area contributed by atoms with E-state index in [1.807, 2.05) is 29.3 Å². The monoisotopic (exact) mass is 305 g/mol. The summed E-state index contributed by atoms with van der Waals surface area (Å²) in [6, 6.07) is 4.23. The summed E-state index contributed by atoms with van der Waals surface area (Å²) in [7, 11) is 0. The summed E-state index contributed by atoms with van der Waals surface area (Å²) >= 11 is 0. The van der Waals surface area contributed by atoms with E-state index < -0.39 is 0 Å². The maximum Gasteiger partial charge on any atom is 0.141 e. The van der Waals surface area contributed by atoms with Crippen LogP contribution in [0.3, 0.4) is 0 Å². The Hall–Kier alpha value is -2.69. The van der Waals surface area contributed by atoms with Gasteiger partial charge in [-0.25, -0.2) is 14.5 Å².